The molecule has 1 atom stereocenters. The summed E-state index contributed by atoms with van der Waals surface area (Å²) in [4.78, 5) is 0. The van der Waals surface area contributed by atoms with Crippen molar-refractivity contribution in [3.63, 3.8) is 0 Å². The van der Waals surface area contributed by atoms with Crippen LogP contribution in [0.2, 0.25) is 5.02 Å². The Hall–Kier alpha value is -1.71. The van der Waals surface area contributed by atoms with E-state index >= 15 is 0 Å². The molecule has 0 saturated carbocycles. The molecule has 0 fully saturated rings. The van der Waals surface area contributed by atoms with Crippen molar-refractivity contribution in [3.05, 3.63) is 58.6 Å². The van der Waals surface area contributed by atoms with Gasteiger partial charge in [-0.15, -0.1) is 0 Å². The molecule has 0 heterocycles. The fourth-order valence-electron chi connectivity index (χ4n) is 2.10. The molecule has 0 aromatic heterocycles. The van der Waals surface area contributed by atoms with Gasteiger partial charge in [0.1, 0.15) is 17.6 Å². The lowest BCUT2D eigenvalue weighted by Gasteiger charge is -2.16. The molecule has 21 heavy (non-hydrogen) atoms. The van der Waals surface area contributed by atoms with Crippen LogP contribution in [0.25, 0.3) is 0 Å². The smallest absolute Gasteiger partial charge is 0.125 e. The highest BCUT2D eigenvalue weighted by Gasteiger charge is 2.16. The summed E-state index contributed by atoms with van der Waals surface area (Å²) in [6.45, 7) is 3.94. The molecule has 0 spiro atoms. The number of aliphatic hydroxyl groups is 1. The molecule has 2 aromatic carbocycles. The summed E-state index contributed by atoms with van der Waals surface area (Å²) >= 11 is 6.00. The van der Waals surface area contributed by atoms with E-state index in [2.05, 4.69) is 0 Å². The predicted octanol–water partition coefficient (Wildman–Crippen LogP) is 4.22. The molecule has 0 radical (unpaired) electrons. The number of hydrogen-bond donors (Lipinski definition) is 1. The van der Waals surface area contributed by atoms with Crippen LogP contribution in [-0.4, -0.2) is 18.3 Å². The number of methoxy groups -OCH3 is 1. The van der Waals surface area contributed by atoms with Crippen LogP contribution in [-0.2, 0) is 0 Å². The monoisotopic (exact) mass is 306 g/mol. The third kappa shape index (κ3) is 3.90. The van der Waals surface area contributed by atoms with Crippen LogP contribution in [0.1, 0.15) is 31.1 Å². The molecule has 0 amide bonds. The second-order valence-electron chi connectivity index (χ2n) is 5.02. The van der Waals surface area contributed by atoms with Crippen LogP contribution in [0.3, 0.4) is 0 Å². The van der Waals surface area contributed by atoms with Crippen molar-refractivity contribution in [1.29, 1.82) is 0 Å². The largest absolute Gasteiger partial charge is 0.496 e. The van der Waals surface area contributed by atoms with E-state index < -0.39 is 6.10 Å². The Morgan fingerprint density at radius 2 is 1.71 bits per heavy atom. The van der Waals surface area contributed by atoms with Gasteiger partial charge in [-0.3, -0.25) is 0 Å². The number of rotatable bonds is 5. The Kier molecular flexibility index (Phi) is 5.10. The van der Waals surface area contributed by atoms with E-state index in [1.165, 1.54) is 0 Å². The van der Waals surface area contributed by atoms with Crippen LogP contribution in [0.15, 0.2) is 42.5 Å². The lowest BCUT2D eigenvalue weighted by Crippen LogP contribution is -2.06. The van der Waals surface area contributed by atoms with Gasteiger partial charge in [0.05, 0.1) is 13.2 Å². The van der Waals surface area contributed by atoms with E-state index in [4.69, 9.17) is 21.1 Å². The molecule has 0 aliphatic rings. The highest BCUT2D eigenvalue weighted by atomic mass is 35.5. The quantitative estimate of drug-likeness (QED) is 0.899. The minimum atomic E-state index is -0.799. The number of benzene rings is 2. The van der Waals surface area contributed by atoms with E-state index in [0.29, 0.717) is 16.3 Å². The fourth-order valence-corrected chi connectivity index (χ4v) is 2.28. The highest BCUT2D eigenvalue weighted by Crippen LogP contribution is 2.32. The minimum absolute atomic E-state index is 0.119. The van der Waals surface area contributed by atoms with Gasteiger partial charge in [-0.1, -0.05) is 23.7 Å². The summed E-state index contributed by atoms with van der Waals surface area (Å²) in [5.74, 6) is 1.38. The van der Waals surface area contributed by atoms with Crippen LogP contribution in [0.4, 0.5) is 0 Å². The summed E-state index contributed by atoms with van der Waals surface area (Å²) in [5.41, 5.74) is 1.40. The second kappa shape index (κ2) is 6.83. The van der Waals surface area contributed by atoms with Gasteiger partial charge in [0.25, 0.3) is 0 Å². The number of hydrogen-bond acceptors (Lipinski definition) is 3. The standard InChI is InChI=1S/C17H19ClO3/c1-11(2)21-14-7-4-12(5-8-14)17(19)15-10-13(18)6-9-16(15)20-3/h4-11,17,19H,1-3H3. The van der Waals surface area contributed by atoms with Crippen LogP contribution >= 0.6 is 11.6 Å². The van der Waals surface area contributed by atoms with Crippen LogP contribution < -0.4 is 9.47 Å². The molecule has 1 unspecified atom stereocenters. The second-order valence-corrected chi connectivity index (χ2v) is 5.46. The van der Waals surface area contributed by atoms with E-state index in [0.717, 1.165) is 11.3 Å². The Morgan fingerprint density at radius 3 is 2.29 bits per heavy atom. The average molecular weight is 307 g/mol. The van der Waals surface area contributed by atoms with Crippen molar-refractivity contribution < 1.29 is 14.6 Å². The Bertz CT molecular complexity index is 593. The average Bonchev–Trinajstić information content (AvgIpc) is 2.46. The molecule has 2 aromatic rings. The molecule has 2 rings (SSSR count). The maximum Gasteiger partial charge on any atom is 0.125 e. The Labute approximate surface area is 130 Å². The molecular formula is C17H19ClO3. The summed E-state index contributed by atoms with van der Waals surface area (Å²) in [7, 11) is 1.57. The first-order chi connectivity index (χ1) is 10.0. The van der Waals surface area contributed by atoms with Crippen molar-refractivity contribution in [2.75, 3.05) is 7.11 Å². The highest BCUT2D eigenvalue weighted by molar-refractivity contribution is 6.30. The summed E-state index contributed by atoms with van der Waals surface area (Å²) in [5, 5.41) is 11.1. The predicted molar refractivity (Wildman–Crippen MR) is 84.3 cm³/mol. The zero-order chi connectivity index (χ0) is 15.4. The van der Waals surface area contributed by atoms with Crippen LogP contribution in [0, 0.1) is 0 Å². The van der Waals surface area contributed by atoms with Crippen molar-refractivity contribution in [2.24, 2.45) is 0 Å². The van der Waals surface area contributed by atoms with Gasteiger partial charge in [0.15, 0.2) is 0 Å². The zero-order valence-corrected chi connectivity index (χ0v) is 13.1. The first-order valence-electron chi connectivity index (χ1n) is 6.79. The third-order valence-electron chi connectivity index (χ3n) is 3.05. The molecule has 1 N–H and O–H groups in total. The SMILES string of the molecule is COc1ccc(Cl)cc1C(O)c1ccc(OC(C)C)cc1. The first kappa shape index (κ1) is 15.7. The van der Waals surface area contributed by atoms with Crippen molar-refractivity contribution in [3.8, 4) is 11.5 Å². The lowest BCUT2D eigenvalue weighted by molar-refractivity contribution is 0.214. The minimum Gasteiger partial charge on any atom is -0.496 e. The van der Waals surface area contributed by atoms with Gasteiger partial charge in [0, 0.05) is 10.6 Å². The van der Waals surface area contributed by atoms with Gasteiger partial charge >= 0.3 is 0 Å². The summed E-state index contributed by atoms with van der Waals surface area (Å²) in [6.07, 6.45) is -0.680. The topological polar surface area (TPSA) is 38.7 Å². The third-order valence-corrected chi connectivity index (χ3v) is 3.29. The zero-order valence-electron chi connectivity index (χ0n) is 12.3. The number of ether oxygens (including phenoxy) is 2. The Morgan fingerprint density at radius 1 is 1.05 bits per heavy atom. The maximum atomic E-state index is 10.5. The maximum absolute atomic E-state index is 10.5. The van der Waals surface area contributed by atoms with E-state index in [1.807, 2.05) is 38.1 Å². The van der Waals surface area contributed by atoms with Crippen molar-refractivity contribution in [2.45, 2.75) is 26.1 Å². The molecule has 3 nitrogen and oxygen atoms in total. The molecule has 4 heteroatoms. The van der Waals surface area contributed by atoms with Crippen LogP contribution in [0.5, 0.6) is 11.5 Å². The van der Waals surface area contributed by atoms with Gasteiger partial charge in [-0.2, -0.15) is 0 Å². The van der Waals surface area contributed by atoms with Gasteiger partial charge in [-0.05, 0) is 49.7 Å². The van der Waals surface area contributed by atoms with Gasteiger partial charge < -0.3 is 14.6 Å². The molecule has 112 valence electrons. The normalized spacial score (nSPS) is 12.3. The number of halogens is 1. The molecule has 0 aliphatic heterocycles. The lowest BCUT2D eigenvalue weighted by atomic mass is 10.0. The summed E-state index contributed by atoms with van der Waals surface area (Å²) < 4.78 is 10.9. The van der Waals surface area contributed by atoms with E-state index in [-0.39, 0.29) is 6.10 Å². The molecule has 0 saturated heterocycles. The van der Waals surface area contributed by atoms with Crippen molar-refractivity contribution in [1.82, 2.24) is 0 Å². The first-order valence-corrected chi connectivity index (χ1v) is 7.17. The van der Waals surface area contributed by atoms with E-state index in [1.54, 1.807) is 25.3 Å². The summed E-state index contributed by atoms with van der Waals surface area (Å²) in [6, 6.07) is 12.5. The van der Waals surface area contributed by atoms with Crippen molar-refractivity contribution >= 4 is 11.6 Å². The van der Waals surface area contributed by atoms with Gasteiger partial charge in [0.2, 0.25) is 0 Å². The number of aliphatic hydroxyl groups excluding tert-OH is 1. The fraction of sp³-hybridized carbons (Fsp3) is 0.294. The molecule has 0 aliphatic carbocycles. The van der Waals surface area contributed by atoms with Gasteiger partial charge in [-0.25, -0.2) is 0 Å². The Balaban J connectivity index is 2.27. The van der Waals surface area contributed by atoms with E-state index in [9.17, 15) is 5.11 Å². The molecule has 0 bridgehead atoms. The molecular weight excluding hydrogens is 288 g/mol.